The van der Waals surface area contributed by atoms with Gasteiger partial charge in [0.05, 0.1) is 17.4 Å². The van der Waals surface area contributed by atoms with E-state index in [-0.39, 0.29) is 6.04 Å². The van der Waals surface area contributed by atoms with Crippen LogP contribution in [0, 0.1) is 0 Å². The third-order valence-corrected chi connectivity index (χ3v) is 8.84. The minimum atomic E-state index is -0.0596. The zero-order valence-electron chi connectivity index (χ0n) is 20.5. The highest BCUT2D eigenvalue weighted by molar-refractivity contribution is 8.16. The Morgan fingerprint density at radius 3 is 2.53 bits per heavy atom. The lowest BCUT2D eigenvalue weighted by Gasteiger charge is -2.40. The minimum absolute atomic E-state index is 0.0596. The number of aliphatic imine (C=N–C) groups is 1. The molecule has 1 aliphatic carbocycles. The first-order valence-electron chi connectivity index (χ1n) is 12.7. The fourth-order valence-electron chi connectivity index (χ4n) is 5.58. The second-order valence-electron chi connectivity index (χ2n) is 9.59. The van der Waals surface area contributed by atoms with Gasteiger partial charge in [-0.15, -0.1) is 0 Å². The number of fused-ring (bicyclic) bond motifs is 2. The number of nitrogens with zero attached hydrogens (tertiary/aromatic N) is 2. The molecule has 3 heterocycles. The van der Waals surface area contributed by atoms with Gasteiger partial charge in [-0.05, 0) is 77.9 Å². The van der Waals surface area contributed by atoms with E-state index in [4.69, 9.17) is 37.7 Å². The first-order valence-corrected chi connectivity index (χ1v) is 14.4. The van der Waals surface area contributed by atoms with Crippen LogP contribution in [0.3, 0.4) is 0 Å². The number of ether oxygens (including phenoxy) is 2. The molecule has 0 saturated heterocycles. The van der Waals surface area contributed by atoms with Crippen molar-refractivity contribution in [2.45, 2.75) is 25.3 Å². The van der Waals surface area contributed by atoms with Gasteiger partial charge in [-0.1, -0.05) is 71.4 Å². The molecule has 3 aliphatic heterocycles. The van der Waals surface area contributed by atoms with Crippen LogP contribution in [0.4, 0.5) is 0 Å². The summed E-state index contributed by atoms with van der Waals surface area (Å²) in [6.45, 7) is 1.13. The Labute approximate surface area is 236 Å². The van der Waals surface area contributed by atoms with Crippen molar-refractivity contribution in [1.29, 1.82) is 0 Å². The summed E-state index contributed by atoms with van der Waals surface area (Å²) in [5, 5.41) is 4.64. The lowest BCUT2D eigenvalue weighted by molar-refractivity contribution is 0.171. The van der Waals surface area contributed by atoms with E-state index in [1.165, 1.54) is 11.1 Å². The molecule has 0 unspecified atom stereocenters. The van der Waals surface area contributed by atoms with Crippen molar-refractivity contribution in [3.8, 4) is 11.5 Å². The monoisotopic (exact) mass is 558 g/mol. The number of amidine groups is 1. The quantitative estimate of drug-likeness (QED) is 0.321. The van der Waals surface area contributed by atoms with E-state index >= 15 is 0 Å². The van der Waals surface area contributed by atoms with Crippen molar-refractivity contribution >= 4 is 51.9 Å². The van der Waals surface area contributed by atoms with Crippen LogP contribution in [0.15, 0.2) is 94.0 Å². The van der Waals surface area contributed by atoms with Crippen molar-refractivity contribution in [3.05, 3.63) is 116 Å². The maximum Gasteiger partial charge on any atom is 0.174 e. The summed E-state index contributed by atoms with van der Waals surface area (Å²) in [6, 6.07) is 22.2. The van der Waals surface area contributed by atoms with Gasteiger partial charge in [0.2, 0.25) is 0 Å². The molecule has 4 aliphatic rings. The van der Waals surface area contributed by atoms with Crippen molar-refractivity contribution in [2.24, 2.45) is 4.99 Å². The number of thioether (sulfide) groups is 1. The first-order chi connectivity index (χ1) is 18.7. The molecule has 0 spiro atoms. The summed E-state index contributed by atoms with van der Waals surface area (Å²) in [5.41, 5.74) is 7.83. The van der Waals surface area contributed by atoms with Crippen LogP contribution >= 0.6 is 35.0 Å². The highest BCUT2D eigenvalue weighted by atomic mass is 35.5. The number of benzene rings is 3. The van der Waals surface area contributed by atoms with Gasteiger partial charge in [0.15, 0.2) is 16.7 Å². The average Bonchev–Trinajstić information content (AvgIpc) is 3.37. The van der Waals surface area contributed by atoms with Crippen LogP contribution in [-0.4, -0.2) is 23.3 Å². The van der Waals surface area contributed by atoms with Gasteiger partial charge in [0.25, 0.3) is 0 Å². The van der Waals surface area contributed by atoms with Gasteiger partial charge in [-0.3, -0.25) is 0 Å². The largest absolute Gasteiger partial charge is 0.486 e. The Morgan fingerprint density at radius 2 is 1.68 bits per heavy atom. The topological polar surface area (TPSA) is 34.1 Å². The van der Waals surface area contributed by atoms with Crippen molar-refractivity contribution < 1.29 is 9.47 Å². The van der Waals surface area contributed by atoms with E-state index in [2.05, 4.69) is 46.7 Å². The molecule has 190 valence electrons. The van der Waals surface area contributed by atoms with E-state index in [0.717, 1.165) is 74.1 Å². The number of hydrogen-bond acceptors (Lipinski definition) is 5. The predicted octanol–water partition coefficient (Wildman–Crippen LogP) is 8.74. The summed E-state index contributed by atoms with van der Waals surface area (Å²) >= 11 is 15.1. The fraction of sp³-hybridized carbons (Fsp3) is 0.194. The minimum Gasteiger partial charge on any atom is -0.486 e. The van der Waals surface area contributed by atoms with Crippen LogP contribution < -0.4 is 9.47 Å². The van der Waals surface area contributed by atoms with E-state index in [1.807, 2.05) is 36.4 Å². The second kappa shape index (κ2) is 9.88. The Hall–Kier alpha value is -3.12. The third-order valence-electron chi connectivity index (χ3n) is 7.31. The molecule has 0 radical (unpaired) electrons. The number of hydrogen-bond donors (Lipinski definition) is 0. The van der Waals surface area contributed by atoms with Gasteiger partial charge in [-0.2, -0.15) is 0 Å². The van der Waals surface area contributed by atoms with Crippen LogP contribution in [-0.2, 0) is 0 Å². The van der Waals surface area contributed by atoms with Crippen LogP contribution in [0.5, 0.6) is 11.5 Å². The van der Waals surface area contributed by atoms with E-state index in [0.29, 0.717) is 13.2 Å². The van der Waals surface area contributed by atoms with Gasteiger partial charge in [-0.25, -0.2) is 4.99 Å². The molecule has 4 nitrogen and oxygen atoms in total. The Kier molecular flexibility index (Phi) is 6.23. The van der Waals surface area contributed by atoms with E-state index in [9.17, 15) is 0 Å². The highest BCUT2D eigenvalue weighted by Gasteiger charge is 2.41. The summed E-state index contributed by atoms with van der Waals surface area (Å²) in [7, 11) is 0. The molecule has 0 aromatic heterocycles. The first kappa shape index (κ1) is 24.0. The maximum atomic E-state index is 6.87. The summed E-state index contributed by atoms with van der Waals surface area (Å²) < 4.78 is 11.7. The van der Waals surface area contributed by atoms with E-state index in [1.54, 1.807) is 11.8 Å². The standard InChI is InChI=1S/C31H24Cl2N2O2S/c32-24-10-3-1-6-19(24)16-21-7-5-9-23-29(21)34-31-35(30(23)22-8-2-4-11-25(22)33)26(18-38-31)20-12-13-27-28(17-20)37-15-14-36-27/h1-4,6,8,10-13,16-18,30H,5,7,9,14-15H2/b21-16+/t30-/m0/s1. The smallest absolute Gasteiger partial charge is 0.174 e. The van der Waals surface area contributed by atoms with Crippen LogP contribution in [0.2, 0.25) is 10.0 Å². The Morgan fingerprint density at radius 1 is 0.895 bits per heavy atom. The lowest BCUT2D eigenvalue weighted by Crippen LogP contribution is -2.35. The highest BCUT2D eigenvalue weighted by Crippen LogP contribution is 2.52. The molecule has 0 N–H and O–H groups in total. The van der Waals surface area contributed by atoms with Crippen molar-refractivity contribution in [1.82, 2.24) is 4.90 Å². The Bertz CT molecular complexity index is 1580. The van der Waals surface area contributed by atoms with Gasteiger partial charge >= 0.3 is 0 Å². The summed E-state index contributed by atoms with van der Waals surface area (Å²) in [4.78, 5) is 7.61. The molecular weight excluding hydrogens is 535 g/mol. The summed E-state index contributed by atoms with van der Waals surface area (Å²) in [5.74, 6) is 1.56. The molecule has 0 amide bonds. The van der Waals surface area contributed by atoms with Crippen molar-refractivity contribution in [3.63, 3.8) is 0 Å². The summed E-state index contributed by atoms with van der Waals surface area (Å²) in [6.07, 6.45) is 5.17. The fourth-order valence-corrected chi connectivity index (χ4v) is 6.94. The van der Waals surface area contributed by atoms with Crippen LogP contribution in [0.25, 0.3) is 11.8 Å². The molecule has 1 atom stereocenters. The predicted molar refractivity (Wildman–Crippen MR) is 157 cm³/mol. The molecule has 3 aromatic rings. The van der Waals surface area contributed by atoms with Gasteiger partial charge in [0, 0.05) is 21.0 Å². The zero-order chi connectivity index (χ0) is 25.6. The van der Waals surface area contributed by atoms with Crippen molar-refractivity contribution in [2.75, 3.05) is 13.2 Å². The van der Waals surface area contributed by atoms with Gasteiger partial charge < -0.3 is 14.4 Å². The number of halogens is 2. The number of rotatable bonds is 3. The molecule has 38 heavy (non-hydrogen) atoms. The average molecular weight is 560 g/mol. The molecule has 0 bridgehead atoms. The number of allylic oxidation sites excluding steroid dienone is 1. The molecule has 0 saturated carbocycles. The normalized spacial score (nSPS) is 21.2. The van der Waals surface area contributed by atoms with E-state index < -0.39 is 0 Å². The third kappa shape index (κ3) is 4.14. The lowest BCUT2D eigenvalue weighted by atomic mass is 9.82. The molecule has 7 rings (SSSR count). The molecule has 3 aromatic carbocycles. The van der Waals surface area contributed by atoms with Crippen LogP contribution in [0.1, 0.15) is 42.0 Å². The van der Waals surface area contributed by atoms with Gasteiger partial charge in [0.1, 0.15) is 13.2 Å². The molecular formula is C31H24Cl2N2O2S. The molecule has 0 fully saturated rings. The SMILES string of the molecule is Clc1ccccc1/C=C1\CCCC2=C1N=C1SC=C(c3ccc4c(c3)OCCO4)N1[C@H]2c1ccccc1Cl. The zero-order valence-corrected chi connectivity index (χ0v) is 22.8. The Balaban J connectivity index is 1.37. The second-order valence-corrected chi connectivity index (χ2v) is 11.2. The molecule has 7 heteroatoms. The maximum absolute atomic E-state index is 6.87.